The molecule has 2 aromatic carbocycles. The molecule has 0 atom stereocenters. The maximum absolute atomic E-state index is 11.1. The van der Waals surface area contributed by atoms with Crippen LogP contribution in [0.5, 0.6) is 0 Å². The van der Waals surface area contributed by atoms with Crippen molar-refractivity contribution in [2.24, 2.45) is 0 Å². The van der Waals surface area contributed by atoms with Crippen molar-refractivity contribution in [3.8, 4) is 11.4 Å². The predicted molar refractivity (Wildman–Crippen MR) is 87.0 cm³/mol. The lowest BCUT2D eigenvalue weighted by Gasteiger charge is -2.08. The molecule has 112 valence electrons. The molecule has 1 heterocycles. The van der Waals surface area contributed by atoms with Crippen LogP contribution >= 0.6 is 0 Å². The average Bonchev–Trinajstić information content (AvgIpc) is 2.91. The van der Waals surface area contributed by atoms with E-state index in [1.807, 2.05) is 36.4 Å². The molecule has 0 aliphatic heterocycles. The maximum Gasteiger partial charge on any atom is 0.335 e. The van der Waals surface area contributed by atoms with Gasteiger partial charge in [-0.25, -0.2) is 9.78 Å². The molecular weight excluding hydrogens is 276 g/mol. The number of aryl methyl sites for hydroxylation is 1. The minimum absolute atomic E-state index is 0.271. The van der Waals surface area contributed by atoms with E-state index >= 15 is 0 Å². The summed E-state index contributed by atoms with van der Waals surface area (Å²) in [4.78, 5) is 15.8. The van der Waals surface area contributed by atoms with E-state index in [0.717, 1.165) is 41.8 Å². The Kier molecular flexibility index (Phi) is 3.92. The van der Waals surface area contributed by atoms with E-state index in [-0.39, 0.29) is 5.56 Å². The number of carboxylic acids is 1. The smallest absolute Gasteiger partial charge is 0.335 e. The molecule has 0 unspecified atom stereocenters. The second kappa shape index (κ2) is 6.02. The van der Waals surface area contributed by atoms with E-state index in [0.29, 0.717) is 0 Å². The summed E-state index contributed by atoms with van der Waals surface area (Å²) >= 11 is 0. The molecule has 0 aliphatic carbocycles. The molecule has 3 rings (SSSR count). The molecule has 0 radical (unpaired) electrons. The van der Waals surface area contributed by atoms with Crippen LogP contribution in [0.4, 0.5) is 0 Å². The summed E-state index contributed by atoms with van der Waals surface area (Å²) in [5, 5.41) is 9.14. The van der Waals surface area contributed by atoms with Gasteiger partial charge in [0, 0.05) is 12.1 Å². The molecule has 0 saturated carbocycles. The lowest BCUT2D eigenvalue weighted by atomic mass is 10.2. The van der Waals surface area contributed by atoms with Gasteiger partial charge in [-0.1, -0.05) is 43.7 Å². The summed E-state index contributed by atoms with van der Waals surface area (Å²) in [7, 11) is 0. The Hall–Kier alpha value is -2.62. The number of hydrogen-bond donors (Lipinski definition) is 1. The van der Waals surface area contributed by atoms with Crippen molar-refractivity contribution >= 4 is 17.0 Å². The number of rotatable bonds is 5. The van der Waals surface area contributed by atoms with Gasteiger partial charge < -0.3 is 9.67 Å². The van der Waals surface area contributed by atoms with E-state index in [1.54, 1.807) is 12.1 Å². The largest absolute Gasteiger partial charge is 0.478 e. The summed E-state index contributed by atoms with van der Waals surface area (Å²) in [6, 6.07) is 15.2. The van der Waals surface area contributed by atoms with Crippen molar-refractivity contribution in [2.75, 3.05) is 0 Å². The summed E-state index contributed by atoms with van der Waals surface area (Å²) < 4.78 is 2.18. The Balaban J connectivity index is 2.18. The zero-order valence-electron chi connectivity index (χ0n) is 12.5. The van der Waals surface area contributed by atoms with Crippen LogP contribution in [0.15, 0.2) is 48.5 Å². The fraction of sp³-hybridized carbons (Fsp3) is 0.222. The highest BCUT2D eigenvalue weighted by Gasteiger charge is 2.14. The minimum Gasteiger partial charge on any atom is -0.478 e. The van der Waals surface area contributed by atoms with Gasteiger partial charge in [0.15, 0.2) is 0 Å². The van der Waals surface area contributed by atoms with Crippen LogP contribution in [-0.4, -0.2) is 20.6 Å². The Labute approximate surface area is 129 Å². The van der Waals surface area contributed by atoms with Crippen molar-refractivity contribution in [1.29, 1.82) is 0 Å². The van der Waals surface area contributed by atoms with Gasteiger partial charge in [0.25, 0.3) is 0 Å². The van der Waals surface area contributed by atoms with Gasteiger partial charge in [-0.2, -0.15) is 0 Å². The quantitative estimate of drug-likeness (QED) is 0.767. The van der Waals surface area contributed by atoms with Gasteiger partial charge in [-0.15, -0.1) is 0 Å². The lowest BCUT2D eigenvalue weighted by molar-refractivity contribution is 0.0697. The molecule has 0 spiro atoms. The third kappa shape index (κ3) is 2.60. The second-order valence-corrected chi connectivity index (χ2v) is 5.32. The fourth-order valence-corrected chi connectivity index (χ4v) is 2.61. The number of nitrogens with zero attached hydrogens (tertiary/aromatic N) is 2. The number of hydrogen-bond acceptors (Lipinski definition) is 2. The monoisotopic (exact) mass is 294 g/mol. The molecule has 1 aromatic heterocycles. The van der Waals surface area contributed by atoms with Crippen LogP contribution in [0.25, 0.3) is 22.4 Å². The first-order valence-corrected chi connectivity index (χ1v) is 7.49. The third-order valence-corrected chi connectivity index (χ3v) is 3.76. The minimum atomic E-state index is -0.925. The van der Waals surface area contributed by atoms with Crippen molar-refractivity contribution in [1.82, 2.24) is 9.55 Å². The molecular formula is C18H18N2O2. The number of unbranched alkanes of at least 4 members (excludes halogenated alkanes) is 1. The number of fused-ring (bicyclic) bond motifs is 1. The standard InChI is InChI=1S/C18H18N2O2/c1-2-3-11-20-16-10-9-14(18(21)22)12-15(16)19-17(20)13-7-5-4-6-8-13/h4-10,12H,2-3,11H2,1H3,(H,21,22). The average molecular weight is 294 g/mol. The molecule has 0 amide bonds. The van der Waals surface area contributed by atoms with E-state index in [1.165, 1.54) is 0 Å². The zero-order valence-corrected chi connectivity index (χ0v) is 12.5. The summed E-state index contributed by atoms with van der Waals surface area (Å²) in [5.41, 5.74) is 3.03. The SMILES string of the molecule is CCCCn1c(-c2ccccc2)nc2cc(C(=O)O)ccc21. The van der Waals surface area contributed by atoms with E-state index in [4.69, 9.17) is 5.11 Å². The summed E-state index contributed by atoms with van der Waals surface area (Å²) in [5.74, 6) is -0.0298. The molecule has 0 aliphatic rings. The first kappa shape index (κ1) is 14.3. The lowest BCUT2D eigenvalue weighted by Crippen LogP contribution is -2.01. The highest BCUT2D eigenvalue weighted by molar-refractivity contribution is 5.93. The van der Waals surface area contributed by atoms with Crippen LogP contribution in [0.2, 0.25) is 0 Å². The second-order valence-electron chi connectivity index (χ2n) is 5.32. The van der Waals surface area contributed by atoms with Gasteiger partial charge in [0.1, 0.15) is 5.82 Å². The van der Waals surface area contributed by atoms with Crippen molar-refractivity contribution in [2.45, 2.75) is 26.3 Å². The Morgan fingerprint density at radius 3 is 2.64 bits per heavy atom. The van der Waals surface area contributed by atoms with Crippen molar-refractivity contribution < 1.29 is 9.90 Å². The number of carbonyl (C=O) groups is 1. The molecule has 0 saturated heterocycles. The van der Waals surface area contributed by atoms with Gasteiger partial charge in [-0.3, -0.25) is 0 Å². The summed E-state index contributed by atoms with van der Waals surface area (Å²) in [6.45, 7) is 3.04. The normalized spacial score (nSPS) is 11.0. The van der Waals surface area contributed by atoms with Gasteiger partial charge in [0.05, 0.1) is 16.6 Å². The zero-order chi connectivity index (χ0) is 15.5. The number of imidazole rings is 1. The topological polar surface area (TPSA) is 55.1 Å². The molecule has 3 aromatic rings. The maximum atomic E-state index is 11.1. The first-order valence-electron chi connectivity index (χ1n) is 7.49. The van der Waals surface area contributed by atoms with Crippen molar-refractivity contribution in [3.05, 3.63) is 54.1 Å². The summed E-state index contributed by atoms with van der Waals surface area (Å²) in [6.07, 6.45) is 2.16. The van der Waals surface area contributed by atoms with E-state index in [2.05, 4.69) is 16.5 Å². The van der Waals surface area contributed by atoms with Gasteiger partial charge in [-0.05, 0) is 24.6 Å². The third-order valence-electron chi connectivity index (χ3n) is 3.76. The number of carboxylic acid groups (broad SMARTS) is 1. The highest BCUT2D eigenvalue weighted by Crippen LogP contribution is 2.26. The molecule has 4 nitrogen and oxygen atoms in total. The van der Waals surface area contributed by atoms with Crippen LogP contribution < -0.4 is 0 Å². The predicted octanol–water partition coefficient (Wildman–Crippen LogP) is 4.20. The van der Waals surface area contributed by atoms with E-state index in [9.17, 15) is 4.79 Å². The van der Waals surface area contributed by atoms with Crippen molar-refractivity contribution in [3.63, 3.8) is 0 Å². The molecule has 22 heavy (non-hydrogen) atoms. The van der Waals surface area contributed by atoms with Crippen LogP contribution in [-0.2, 0) is 6.54 Å². The Morgan fingerprint density at radius 1 is 1.18 bits per heavy atom. The van der Waals surface area contributed by atoms with Gasteiger partial charge in [0.2, 0.25) is 0 Å². The number of benzene rings is 2. The highest BCUT2D eigenvalue weighted by atomic mass is 16.4. The van der Waals surface area contributed by atoms with Crippen LogP contribution in [0, 0.1) is 0 Å². The number of aromatic carboxylic acids is 1. The molecule has 0 bridgehead atoms. The fourth-order valence-electron chi connectivity index (χ4n) is 2.61. The van der Waals surface area contributed by atoms with Crippen LogP contribution in [0.3, 0.4) is 0 Å². The molecule has 1 N–H and O–H groups in total. The van der Waals surface area contributed by atoms with Crippen LogP contribution in [0.1, 0.15) is 30.1 Å². The molecule has 4 heteroatoms. The number of aromatic nitrogens is 2. The Morgan fingerprint density at radius 2 is 1.95 bits per heavy atom. The van der Waals surface area contributed by atoms with Gasteiger partial charge >= 0.3 is 5.97 Å². The van der Waals surface area contributed by atoms with E-state index < -0.39 is 5.97 Å². The first-order chi connectivity index (χ1) is 10.7. The Bertz CT molecular complexity index is 807. The molecule has 0 fully saturated rings.